The largest absolute Gasteiger partial charge is 0.400 e. The van der Waals surface area contributed by atoms with Crippen LogP contribution < -0.4 is 0 Å². The standard InChI is InChI=1S/C16H17O5P/c17-11-16(18)21-22(19-12-14-7-3-1-4-8-14)20-13-15-9-5-2-6-10-15/h1-10,17H,11-13H2. The number of hydrogen-bond acceptors (Lipinski definition) is 5. The second-order valence-electron chi connectivity index (χ2n) is 4.36. The van der Waals surface area contributed by atoms with Gasteiger partial charge in [0.1, 0.15) is 6.61 Å². The highest BCUT2D eigenvalue weighted by Crippen LogP contribution is 2.41. The maximum absolute atomic E-state index is 11.2. The Kier molecular flexibility index (Phi) is 7.00. The van der Waals surface area contributed by atoms with Crippen molar-refractivity contribution in [2.24, 2.45) is 0 Å². The molecule has 0 fully saturated rings. The Morgan fingerprint density at radius 3 is 1.73 bits per heavy atom. The lowest BCUT2D eigenvalue weighted by atomic mass is 10.2. The highest BCUT2D eigenvalue weighted by atomic mass is 31.2. The van der Waals surface area contributed by atoms with Gasteiger partial charge in [-0.2, -0.15) is 0 Å². The number of rotatable bonds is 8. The molecule has 2 aromatic carbocycles. The third-order valence-electron chi connectivity index (χ3n) is 2.66. The molecule has 0 saturated carbocycles. The minimum Gasteiger partial charge on any atom is -0.392 e. The molecule has 5 nitrogen and oxygen atoms in total. The molecule has 0 radical (unpaired) electrons. The van der Waals surface area contributed by atoms with Crippen molar-refractivity contribution < 1.29 is 23.5 Å². The van der Waals surface area contributed by atoms with E-state index in [0.29, 0.717) is 0 Å². The molecule has 116 valence electrons. The van der Waals surface area contributed by atoms with E-state index in [9.17, 15) is 4.79 Å². The molecule has 0 aliphatic carbocycles. The average molecular weight is 320 g/mol. The minimum absolute atomic E-state index is 0.264. The van der Waals surface area contributed by atoms with Gasteiger partial charge in [-0.1, -0.05) is 60.7 Å². The van der Waals surface area contributed by atoms with Crippen LogP contribution in [-0.4, -0.2) is 17.7 Å². The first kappa shape index (κ1) is 16.6. The summed E-state index contributed by atoms with van der Waals surface area (Å²) in [5.74, 6) is -0.771. The minimum atomic E-state index is -1.86. The Balaban J connectivity index is 1.89. The maximum atomic E-state index is 11.2. The van der Waals surface area contributed by atoms with Gasteiger partial charge < -0.3 is 9.63 Å². The predicted octanol–water partition coefficient (Wildman–Crippen LogP) is 3.18. The van der Waals surface area contributed by atoms with Crippen molar-refractivity contribution >= 4 is 14.6 Å². The van der Waals surface area contributed by atoms with Crippen molar-refractivity contribution in [3.63, 3.8) is 0 Å². The topological polar surface area (TPSA) is 65.0 Å². The van der Waals surface area contributed by atoms with Gasteiger partial charge in [0.05, 0.1) is 13.2 Å². The molecule has 0 amide bonds. The second kappa shape index (κ2) is 9.28. The smallest absolute Gasteiger partial charge is 0.392 e. The van der Waals surface area contributed by atoms with Gasteiger partial charge in [-0.05, 0) is 11.1 Å². The van der Waals surface area contributed by atoms with Gasteiger partial charge in [-0.25, -0.2) is 4.79 Å². The molecule has 0 saturated heterocycles. The number of aliphatic hydroxyl groups is 1. The predicted molar refractivity (Wildman–Crippen MR) is 82.6 cm³/mol. The Morgan fingerprint density at radius 1 is 0.864 bits per heavy atom. The highest BCUT2D eigenvalue weighted by Gasteiger charge is 2.18. The van der Waals surface area contributed by atoms with Crippen molar-refractivity contribution in [2.75, 3.05) is 6.61 Å². The van der Waals surface area contributed by atoms with E-state index in [-0.39, 0.29) is 13.2 Å². The van der Waals surface area contributed by atoms with E-state index in [1.807, 2.05) is 60.7 Å². The maximum Gasteiger partial charge on any atom is 0.400 e. The normalized spacial score (nSPS) is 10.6. The molecule has 0 unspecified atom stereocenters. The van der Waals surface area contributed by atoms with Gasteiger partial charge in [0, 0.05) is 0 Å². The van der Waals surface area contributed by atoms with Crippen molar-refractivity contribution in [3.05, 3.63) is 71.8 Å². The third kappa shape index (κ3) is 5.92. The Bertz CT molecular complexity index is 518. The van der Waals surface area contributed by atoms with Gasteiger partial charge in [0.2, 0.25) is 0 Å². The van der Waals surface area contributed by atoms with Crippen molar-refractivity contribution in [3.8, 4) is 0 Å². The van der Waals surface area contributed by atoms with Gasteiger partial charge in [0.15, 0.2) is 0 Å². The van der Waals surface area contributed by atoms with E-state index in [1.54, 1.807) is 0 Å². The fraction of sp³-hybridized carbons (Fsp3) is 0.188. The molecule has 0 atom stereocenters. The van der Waals surface area contributed by atoms with Gasteiger partial charge in [-0.3, -0.25) is 9.05 Å². The summed E-state index contributed by atoms with van der Waals surface area (Å²) in [6.07, 6.45) is 0. The fourth-order valence-electron chi connectivity index (χ4n) is 1.60. The number of carbonyl (C=O) groups is 1. The van der Waals surface area contributed by atoms with Crippen LogP contribution in [0.1, 0.15) is 11.1 Å². The lowest BCUT2D eigenvalue weighted by Crippen LogP contribution is -2.08. The van der Waals surface area contributed by atoms with Crippen molar-refractivity contribution in [1.29, 1.82) is 0 Å². The molecule has 2 aromatic rings. The summed E-state index contributed by atoms with van der Waals surface area (Å²) < 4.78 is 16.0. The van der Waals surface area contributed by atoms with E-state index in [1.165, 1.54) is 0 Å². The van der Waals surface area contributed by atoms with E-state index in [2.05, 4.69) is 0 Å². The third-order valence-corrected chi connectivity index (χ3v) is 3.70. The molecule has 6 heteroatoms. The molecular weight excluding hydrogens is 303 g/mol. The lowest BCUT2D eigenvalue weighted by Gasteiger charge is -2.15. The summed E-state index contributed by atoms with van der Waals surface area (Å²) in [7, 11) is -1.86. The molecule has 0 bridgehead atoms. The summed E-state index contributed by atoms with van der Waals surface area (Å²) in [5, 5.41) is 8.78. The van der Waals surface area contributed by atoms with Crippen LogP contribution >= 0.6 is 8.60 Å². The average Bonchev–Trinajstić information content (AvgIpc) is 2.59. The molecule has 0 heterocycles. The summed E-state index contributed by atoms with van der Waals surface area (Å²) in [5.41, 5.74) is 1.89. The van der Waals surface area contributed by atoms with E-state index in [0.717, 1.165) is 11.1 Å². The van der Waals surface area contributed by atoms with Crippen LogP contribution in [0.2, 0.25) is 0 Å². The molecular formula is C16H17O5P. The Labute approximate surface area is 130 Å². The molecule has 22 heavy (non-hydrogen) atoms. The first-order chi connectivity index (χ1) is 10.8. The molecule has 0 aromatic heterocycles. The second-order valence-corrected chi connectivity index (χ2v) is 5.51. The fourth-order valence-corrected chi connectivity index (χ4v) is 2.52. The zero-order valence-corrected chi connectivity index (χ0v) is 12.8. The van der Waals surface area contributed by atoms with Crippen LogP contribution in [-0.2, 0) is 31.6 Å². The van der Waals surface area contributed by atoms with Crippen molar-refractivity contribution in [1.82, 2.24) is 0 Å². The van der Waals surface area contributed by atoms with Gasteiger partial charge in [-0.15, -0.1) is 0 Å². The first-order valence-corrected chi connectivity index (χ1v) is 7.83. The van der Waals surface area contributed by atoms with E-state index < -0.39 is 21.2 Å². The van der Waals surface area contributed by atoms with Crippen LogP contribution in [0.3, 0.4) is 0 Å². The molecule has 2 rings (SSSR count). The van der Waals surface area contributed by atoms with Crippen LogP contribution in [0.4, 0.5) is 0 Å². The van der Waals surface area contributed by atoms with Gasteiger partial charge in [0.25, 0.3) is 0 Å². The van der Waals surface area contributed by atoms with Crippen molar-refractivity contribution in [2.45, 2.75) is 13.2 Å². The lowest BCUT2D eigenvalue weighted by molar-refractivity contribution is -0.138. The number of hydrogen-bond donors (Lipinski definition) is 1. The Morgan fingerprint density at radius 2 is 1.32 bits per heavy atom. The monoisotopic (exact) mass is 320 g/mol. The van der Waals surface area contributed by atoms with E-state index in [4.69, 9.17) is 18.7 Å². The van der Waals surface area contributed by atoms with E-state index >= 15 is 0 Å². The van der Waals surface area contributed by atoms with Crippen LogP contribution in [0, 0.1) is 0 Å². The number of benzene rings is 2. The number of carbonyl (C=O) groups excluding carboxylic acids is 1. The Hall–Kier alpha value is -1.78. The molecule has 0 spiro atoms. The molecule has 1 N–H and O–H groups in total. The SMILES string of the molecule is O=C(CO)OP(OCc1ccccc1)OCc1ccccc1. The molecule has 0 aliphatic rings. The summed E-state index contributed by atoms with van der Waals surface area (Å²) in [6.45, 7) is -0.178. The summed E-state index contributed by atoms with van der Waals surface area (Å²) in [4.78, 5) is 11.2. The van der Waals surface area contributed by atoms with Crippen LogP contribution in [0.5, 0.6) is 0 Å². The van der Waals surface area contributed by atoms with Crippen LogP contribution in [0.25, 0.3) is 0 Å². The first-order valence-electron chi connectivity index (χ1n) is 6.73. The highest BCUT2D eigenvalue weighted by molar-refractivity contribution is 7.42. The van der Waals surface area contributed by atoms with Crippen LogP contribution in [0.15, 0.2) is 60.7 Å². The quantitative estimate of drug-likeness (QED) is 0.757. The number of aliphatic hydroxyl groups excluding tert-OH is 1. The summed E-state index contributed by atoms with van der Waals surface area (Å²) in [6, 6.07) is 19.0. The zero-order valence-electron chi connectivity index (χ0n) is 11.9. The summed E-state index contributed by atoms with van der Waals surface area (Å²) >= 11 is 0. The van der Waals surface area contributed by atoms with Gasteiger partial charge >= 0.3 is 14.6 Å². The zero-order chi connectivity index (χ0) is 15.6. The molecule has 0 aliphatic heterocycles.